The molecular formula is C11H22N2O4S. The van der Waals surface area contributed by atoms with Crippen LogP contribution in [0, 0.1) is 5.92 Å². The summed E-state index contributed by atoms with van der Waals surface area (Å²) in [5.74, 6) is -0.0252. The second-order valence-electron chi connectivity index (χ2n) is 4.65. The highest BCUT2D eigenvalue weighted by atomic mass is 32.2. The van der Waals surface area contributed by atoms with Gasteiger partial charge in [-0.25, -0.2) is 12.7 Å². The minimum Gasteiger partial charge on any atom is -0.469 e. The quantitative estimate of drug-likeness (QED) is 0.628. The van der Waals surface area contributed by atoms with Crippen molar-refractivity contribution in [3.05, 3.63) is 0 Å². The van der Waals surface area contributed by atoms with Crippen LogP contribution < -0.4 is 5.73 Å². The van der Waals surface area contributed by atoms with E-state index in [0.29, 0.717) is 12.5 Å². The monoisotopic (exact) mass is 278 g/mol. The summed E-state index contributed by atoms with van der Waals surface area (Å²) in [6, 6.07) is -0.104. The normalized spacial score (nSPS) is 17.8. The Bertz CT molecular complexity index is 379. The van der Waals surface area contributed by atoms with E-state index in [1.54, 1.807) is 7.05 Å². The molecule has 18 heavy (non-hydrogen) atoms. The van der Waals surface area contributed by atoms with Crippen LogP contribution in [0.4, 0.5) is 0 Å². The second-order valence-corrected chi connectivity index (χ2v) is 6.80. The van der Waals surface area contributed by atoms with Crippen molar-refractivity contribution in [2.45, 2.75) is 31.7 Å². The van der Waals surface area contributed by atoms with Gasteiger partial charge in [-0.15, -0.1) is 0 Å². The first-order valence-corrected chi connectivity index (χ1v) is 7.76. The number of hydrogen-bond donors (Lipinski definition) is 1. The van der Waals surface area contributed by atoms with Gasteiger partial charge in [0, 0.05) is 26.1 Å². The Hall–Kier alpha value is -0.660. The molecule has 0 heterocycles. The number of rotatable bonds is 8. The number of nitrogens with zero attached hydrogens (tertiary/aromatic N) is 1. The number of ether oxygens (including phenoxy) is 1. The average Bonchev–Trinajstić information content (AvgIpc) is 3.13. The molecule has 0 aliphatic heterocycles. The van der Waals surface area contributed by atoms with E-state index in [2.05, 4.69) is 4.74 Å². The van der Waals surface area contributed by atoms with Crippen molar-refractivity contribution in [1.29, 1.82) is 0 Å². The van der Waals surface area contributed by atoms with Gasteiger partial charge in [0.25, 0.3) is 0 Å². The standard InChI is InChI=1S/C11H22N2O4S/c1-13(10(8-12)9-5-6-9)18(15,16)7-3-4-11(14)17-2/h9-10H,3-8,12H2,1-2H3. The molecule has 0 aromatic carbocycles. The van der Waals surface area contributed by atoms with Crippen LogP contribution in [0.3, 0.4) is 0 Å². The van der Waals surface area contributed by atoms with Crippen molar-refractivity contribution < 1.29 is 17.9 Å². The van der Waals surface area contributed by atoms with Crippen LogP contribution in [0.1, 0.15) is 25.7 Å². The molecule has 0 spiro atoms. The Kier molecular flexibility index (Phi) is 5.55. The van der Waals surface area contributed by atoms with Gasteiger partial charge < -0.3 is 10.5 Å². The van der Waals surface area contributed by atoms with E-state index in [1.165, 1.54) is 11.4 Å². The lowest BCUT2D eigenvalue weighted by atomic mass is 10.2. The molecule has 0 bridgehead atoms. The molecule has 0 saturated heterocycles. The van der Waals surface area contributed by atoms with Crippen molar-refractivity contribution in [3.8, 4) is 0 Å². The maximum atomic E-state index is 12.1. The maximum Gasteiger partial charge on any atom is 0.305 e. The fourth-order valence-electron chi connectivity index (χ4n) is 1.97. The number of carbonyl (C=O) groups excluding carboxylic acids is 1. The summed E-state index contributed by atoms with van der Waals surface area (Å²) in [5.41, 5.74) is 5.63. The van der Waals surface area contributed by atoms with Gasteiger partial charge in [0.15, 0.2) is 0 Å². The lowest BCUT2D eigenvalue weighted by Gasteiger charge is -2.26. The van der Waals surface area contributed by atoms with E-state index in [9.17, 15) is 13.2 Å². The highest BCUT2D eigenvalue weighted by molar-refractivity contribution is 7.89. The van der Waals surface area contributed by atoms with E-state index in [1.807, 2.05) is 0 Å². The summed E-state index contributed by atoms with van der Waals surface area (Å²) in [6.07, 6.45) is 2.50. The average molecular weight is 278 g/mol. The van der Waals surface area contributed by atoms with Crippen molar-refractivity contribution in [1.82, 2.24) is 4.31 Å². The minimum absolute atomic E-state index is 0.0399. The van der Waals surface area contributed by atoms with Crippen molar-refractivity contribution in [2.75, 3.05) is 26.5 Å². The molecule has 106 valence electrons. The lowest BCUT2D eigenvalue weighted by Crippen LogP contribution is -2.44. The number of sulfonamides is 1. The van der Waals surface area contributed by atoms with E-state index < -0.39 is 10.0 Å². The van der Waals surface area contributed by atoms with Crippen LogP contribution in [-0.2, 0) is 19.6 Å². The van der Waals surface area contributed by atoms with Gasteiger partial charge in [-0.05, 0) is 25.2 Å². The van der Waals surface area contributed by atoms with Crippen molar-refractivity contribution >= 4 is 16.0 Å². The molecule has 7 heteroatoms. The Balaban J connectivity index is 2.48. The number of hydrogen-bond acceptors (Lipinski definition) is 5. The molecule has 0 aromatic rings. The molecule has 1 fully saturated rings. The Morgan fingerprint density at radius 3 is 2.56 bits per heavy atom. The summed E-state index contributed by atoms with van der Waals surface area (Å²) in [4.78, 5) is 10.9. The molecule has 1 unspecified atom stereocenters. The van der Waals surface area contributed by atoms with Crippen LogP contribution in [-0.4, -0.2) is 51.2 Å². The SMILES string of the molecule is COC(=O)CCCS(=O)(=O)N(C)C(CN)C1CC1. The Morgan fingerprint density at radius 2 is 2.11 bits per heavy atom. The first-order valence-electron chi connectivity index (χ1n) is 6.15. The van der Waals surface area contributed by atoms with Crippen LogP contribution in [0.25, 0.3) is 0 Å². The highest BCUT2D eigenvalue weighted by Gasteiger charge is 2.37. The molecule has 2 N–H and O–H groups in total. The number of nitrogens with two attached hydrogens (primary N) is 1. The molecule has 1 rings (SSSR count). The third-order valence-electron chi connectivity index (χ3n) is 3.32. The zero-order chi connectivity index (χ0) is 13.8. The van der Waals surface area contributed by atoms with E-state index in [-0.39, 0.29) is 30.6 Å². The summed E-state index contributed by atoms with van der Waals surface area (Å²) in [7, 11) is -0.470. The van der Waals surface area contributed by atoms with Crippen molar-refractivity contribution in [3.63, 3.8) is 0 Å². The predicted molar refractivity (Wildman–Crippen MR) is 68.4 cm³/mol. The van der Waals surface area contributed by atoms with E-state index >= 15 is 0 Å². The summed E-state index contributed by atoms with van der Waals surface area (Å²) in [6.45, 7) is 0.345. The lowest BCUT2D eigenvalue weighted by molar-refractivity contribution is -0.140. The van der Waals surface area contributed by atoms with Gasteiger partial charge in [0.1, 0.15) is 0 Å². The Morgan fingerprint density at radius 1 is 1.50 bits per heavy atom. The summed E-state index contributed by atoms with van der Waals surface area (Å²) >= 11 is 0. The van der Waals surface area contributed by atoms with Gasteiger partial charge in [0.2, 0.25) is 10.0 Å². The highest BCUT2D eigenvalue weighted by Crippen LogP contribution is 2.35. The molecule has 1 aliphatic carbocycles. The molecule has 0 aromatic heterocycles. The fraction of sp³-hybridized carbons (Fsp3) is 0.909. The fourth-order valence-corrected chi connectivity index (χ4v) is 3.44. The molecule has 1 atom stereocenters. The predicted octanol–water partition coefficient (Wildman–Crippen LogP) is -0.0615. The minimum atomic E-state index is -3.33. The largest absolute Gasteiger partial charge is 0.469 e. The van der Waals surface area contributed by atoms with Crippen LogP contribution >= 0.6 is 0 Å². The summed E-state index contributed by atoms with van der Waals surface area (Å²) < 4.78 is 30.0. The van der Waals surface area contributed by atoms with Crippen LogP contribution in [0.5, 0.6) is 0 Å². The van der Waals surface area contributed by atoms with Crippen molar-refractivity contribution in [2.24, 2.45) is 11.7 Å². The molecule has 1 saturated carbocycles. The summed E-state index contributed by atoms with van der Waals surface area (Å²) in [5, 5.41) is 0. The Labute approximate surface area is 109 Å². The van der Waals surface area contributed by atoms with Gasteiger partial charge in [0.05, 0.1) is 12.9 Å². The number of likely N-dealkylation sites (N-methyl/N-ethyl adjacent to an activating group) is 1. The van der Waals surface area contributed by atoms with Gasteiger partial charge >= 0.3 is 5.97 Å². The molecule has 6 nitrogen and oxygen atoms in total. The topological polar surface area (TPSA) is 89.7 Å². The maximum absolute atomic E-state index is 12.1. The first-order chi connectivity index (χ1) is 8.42. The molecule has 0 amide bonds. The van der Waals surface area contributed by atoms with Crippen LogP contribution in [0.15, 0.2) is 0 Å². The smallest absolute Gasteiger partial charge is 0.305 e. The van der Waals surface area contributed by atoms with Gasteiger partial charge in [-0.1, -0.05) is 0 Å². The molecule has 0 radical (unpaired) electrons. The number of carbonyl (C=O) groups is 1. The van der Waals surface area contributed by atoms with Crippen LogP contribution in [0.2, 0.25) is 0 Å². The third kappa shape index (κ3) is 4.22. The molecular weight excluding hydrogens is 256 g/mol. The van der Waals surface area contributed by atoms with Gasteiger partial charge in [-0.2, -0.15) is 0 Å². The number of esters is 1. The van der Waals surface area contributed by atoms with E-state index in [4.69, 9.17) is 5.73 Å². The third-order valence-corrected chi connectivity index (χ3v) is 5.28. The zero-order valence-corrected chi connectivity index (χ0v) is 11.8. The number of methoxy groups -OCH3 is 1. The first kappa shape index (κ1) is 15.4. The van der Waals surface area contributed by atoms with E-state index in [0.717, 1.165) is 12.8 Å². The zero-order valence-electron chi connectivity index (χ0n) is 11.0. The van der Waals surface area contributed by atoms with Gasteiger partial charge in [-0.3, -0.25) is 4.79 Å². The second kappa shape index (κ2) is 6.49. The molecule has 1 aliphatic rings.